The molecule has 1 aliphatic heterocycles. The Kier molecular flexibility index (Phi) is 7.47. The van der Waals surface area contributed by atoms with Gasteiger partial charge in [-0.2, -0.15) is 0 Å². The Morgan fingerprint density at radius 3 is 2.70 bits per heavy atom. The minimum absolute atomic E-state index is 0.0335. The molecular formula is C23H19ClN2O6S. The zero-order chi connectivity index (χ0) is 24.1. The molecule has 1 aliphatic rings. The summed E-state index contributed by atoms with van der Waals surface area (Å²) in [6.07, 6.45) is 2.91. The number of carbonyl (C=O) groups is 3. The van der Waals surface area contributed by atoms with E-state index in [4.69, 9.17) is 33.3 Å². The largest absolute Gasteiger partial charge is 0.490 e. The second kappa shape index (κ2) is 10.3. The minimum Gasteiger partial charge on any atom is -0.490 e. The lowest BCUT2D eigenvalue weighted by molar-refractivity contribution is -0.122. The number of ether oxygens (including phenoxy) is 2. The molecule has 0 unspecified atom stereocenters. The zero-order valence-electron chi connectivity index (χ0n) is 17.5. The van der Waals surface area contributed by atoms with Gasteiger partial charge in [0.2, 0.25) is 0 Å². The van der Waals surface area contributed by atoms with Crippen LogP contribution < -0.4 is 19.7 Å². The van der Waals surface area contributed by atoms with Gasteiger partial charge < -0.3 is 14.6 Å². The summed E-state index contributed by atoms with van der Waals surface area (Å²) in [6.45, 7) is 5.93. The lowest BCUT2D eigenvalue weighted by atomic mass is 10.1. The van der Waals surface area contributed by atoms with E-state index in [0.29, 0.717) is 23.7 Å². The molecule has 0 radical (unpaired) electrons. The molecule has 3 rings (SSSR count). The van der Waals surface area contributed by atoms with Crippen molar-refractivity contribution in [2.45, 2.75) is 6.92 Å². The van der Waals surface area contributed by atoms with Gasteiger partial charge in [-0.3, -0.25) is 19.8 Å². The van der Waals surface area contributed by atoms with E-state index in [2.05, 4.69) is 11.9 Å². The van der Waals surface area contributed by atoms with E-state index < -0.39 is 17.8 Å². The van der Waals surface area contributed by atoms with Gasteiger partial charge in [-0.05, 0) is 61.1 Å². The molecule has 1 saturated heterocycles. The molecule has 0 aliphatic carbocycles. The van der Waals surface area contributed by atoms with E-state index >= 15 is 0 Å². The summed E-state index contributed by atoms with van der Waals surface area (Å²) in [5.41, 5.74) is 0.369. The Balaban J connectivity index is 2.03. The number of carboxylic acids is 1. The van der Waals surface area contributed by atoms with Crippen molar-refractivity contribution in [2.75, 3.05) is 18.1 Å². The molecule has 10 heteroatoms. The van der Waals surface area contributed by atoms with Crippen LogP contribution in [0.25, 0.3) is 6.08 Å². The number of aromatic carboxylic acids is 1. The van der Waals surface area contributed by atoms with E-state index in [0.717, 1.165) is 4.90 Å². The first-order valence-corrected chi connectivity index (χ1v) is 10.5. The monoisotopic (exact) mass is 486 g/mol. The molecule has 0 aromatic heterocycles. The quantitative estimate of drug-likeness (QED) is 0.253. The highest BCUT2D eigenvalue weighted by Gasteiger charge is 2.34. The zero-order valence-corrected chi connectivity index (χ0v) is 19.0. The second-order valence-corrected chi connectivity index (χ2v) is 7.47. The molecular weight excluding hydrogens is 468 g/mol. The molecule has 1 fully saturated rings. The molecule has 2 aromatic carbocycles. The van der Waals surface area contributed by atoms with E-state index in [9.17, 15) is 19.5 Å². The number of hydrogen-bond acceptors (Lipinski definition) is 6. The van der Waals surface area contributed by atoms with Gasteiger partial charge in [0.25, 0.3) is 11.8 Å². The van der Waals surface area contributed by atoms with Crippen LogP contribution in [0.4, 0.5) is 5.69 Å². The summed E-state index contributed by atoms with van der Waals surface area (Å²) >= 11 is 11.5. The Morgan fingerprint density at radius 2 is 2.03 bits per heavy atom. The molecule has 0 spiro atoms. The van der Waals surface area contributed by atoms with Crippen LogP contribution in [-0.2, 0) is 9.59 Å². The minimum atomic E-state index is -1.16. The van der Waals surface area contributed by atoms with Gasteiger partial charge in [-0.1, -0.05) is 30.3 Å². The number of rotatable bonds is 8. The predicted molar refractivity (Wildman–Crippen MR) is 128 cm³/mol. The standard InChI is InChI=1S/C23H19ClN2O6S/c1-3-8-32-19-17(24)10-13(11-18(19)31-4-2)9-16-20(27)25-23(33)26(21(16)28)15-7-5-6-14(12-15)22(29)30/h3,5-7,9-12H,1,4,8H2,2H3,(H,29,30)(H,25,27,33). The smallest absolute Gasteiger partial charge is 0.335 e. The van der Waals surface area contributed by atoms with E-state index in [1.807, 2.05) is 0 Å². The molecule has 2 amide bonds. The third-order valence-corrected chi connectivity index (χ3v) is 5.01. The maximum Gasteiger partial charge on any atom is 0.335 e. The van der Waals surface area contributed by atoms with E-state index in [1.54, 1.807) is 19.1 Å². The number of nitrogens with one attached hydrogen (secondary N) is 1. The van der Waals surface area contributed by atoms with Crippen LogP contribution in [0.2, 0.25) is 5.02 Å². The molecule has 1 heterocycles. The molecule has 0 atom stereocenters. The highest BCUT2D eigenvalue weighted by molar-refractivity contribution is 7.80. The van der Waals surface area contributed by atoms with Crippen molar-refractivity contribution in [3.63, 3.8) is 0 Å². The summed E-state index contributed by atoms with van der Waals surface area (Å²) in [5.74, 6) is -1.93. The van der Waals surface area contributed by atoms with Crippen molar-refractivity contribution in [1.82, 2.24) is 5.32 Å². The van der Waals surface area contributed by atoms with Crippen molar-refractivity contribution < 1.29 is 29.0 Å². The number of nitrogens with zero attached hydrogens (tertiary/aromatic N) is 1. The molecule has 0 bridgehead atoms. The molecule has 8 nitrogen and oxygen atoms in total. The van der Waals surface area contributed by atoms with Gasteiger partial charge in [-0.15, -0.1) is 0 Å². The van der Waals surface area contributed by atoms with Crippen molar-refractivity contribution in [1.29, 1.82) is 0 Å². The second-order valence-electron chi connectivity index (χ2n) is 6.68. The maximum atomic E-state index is 13.2. The number of carboxylic acid groups (broad SMARTS) is 1. The first-order chi connectivity index (χ1) is 15.8. The first-order valence-electron chi connectivity index (χ1n) is 9.71. The fraction of sp³-hybridized carbons (Fsp3) is 0.130. The molecule has 33 heavy (non-hydrogen) atoms. The van der Waals surface area contributed by atoms with Gasteiger partial charge in [-0.25, -0.2) is 4.79 Å². The number of halogens is 1. The maximum absolute atomic E-state index is 13.2. The molecule has 2 aromatic rings. The van der Waals surface area contributed by atoms with Crippen molar-refractivity contribution in [3.8, 4) is 11.5 Å². The molecule has 2 N–H and O–H groups in total. The average Bonchev–Trinajstić information content (AvgIpc) is 2.76. The lowest BCUT2D eigenvalue weighted by Crippen LogP contribution is -2.54. The van der Waals surface area contributed by atoms with Crippen LogP contribution in [-0.4, -0.2) is 41.2 Å². The van der Waals surface area contributed by atoms with Crippen molar-refractivity contribution in [3.05, 3.63) is 70.8 Å². The summed E-state index contributed by atoms with van der Waals surface area (Å²) < 4.78 is 11.2. The van der Waals surface area contributed by atoms with Crippen LogP contribution in [0.1, 0.15) is 22.8 Å². The number of amides is 2. The van der Waals surface area contributed by atoms with Gasteiger partial charge >= 0.3 is 5.97 Å². The van der Waals surface area contributed by atoms with Crippen molar-refractivity contribution >= 4 is 58.5 Å². The molecule has 170 valence electrons. The number of hydrogen-bond donors (Lipinski definition) is 2. The Morgan fingerprint density at radius 1 is 1.27 bits per heavy atom. The Bertz CT molecular complexity index is 1190. The van der Waals surface area contributed by atoms with Crippen LogP contribution in [0, 0.1) is 0 Å². The fourth-order valence-electron chi connectivity index (χ4n) is 3.05. The summed E-state index contributed by atoms with van der Waals surface area (Å²) in [5, 5.41) is 11.8. The third kappa shape index (κ3) is 5.21. The number of anilines is 1. The van der Waals surface area contributed by atoms with Crippen LogP contribution in [0.5, 0.6) is 11.5 Å². The van der Waals surface area contributed by atoms with Crippen LogP contribution >= 0.6 is 23.8 Å². The molecule has 0 saturated carbocycles. The van der Waals surface area contributed by atoms with E-state index in [1.165, 1.54) is 36.4 Å². The van der Waals surface area contributed by atoms with Gasteiger partial charge in [0, 0.05) is 0 Å². The summed E-state index contributed by atoms with van der Waals surface area (Å²) in [6, 6.07) is 8.78. The van der Waals surface area contributed by atoms with Gasteiger partial charge in [0.05, 0.1) is 22.9 Å². The predicted octanol–water partition coefficient (Wildman–Crippen LogP) is 3.83. The normalized spacial score (nSPS) is 14.8. The van der Waals surface area contributed by atoms with E-state index in [-0.39, 0.29) is 33.6 Å². The number of thiocarbonyl (C=S) groups is 1. The summed E-state index contributed by atoms with van der Waals surface area (Å²) in [4.78, 5) is 38.1. The average molecular weight is 487 g/mol. The Labute approximate surface area is 200 Å². The number of benzene rings is 2. The summed E-state index contributed by atoms with van der Waals surface area (Å²) in [7, 11) is 0. The Hall–Kier alpha value is -3.69. The van der Waals surface area contributed by atoms with Crippen LogP contribution in [0.15, 0.2) is 54.6 Å². The highest BCUT2D eigenvalue weighted by atomic mass is 35.5. The lowest BCUT2D eigenvalue weighted by Gasteiger charge is -2.29. The fourth-order valence-corrected chi connectivity index (χ4v) is 3.61. The van der Waals surface area contributed by atoms with Gasteiger partial charge in [0.15, 0.2) is 16.6 Å². The third-order valence-electron chi connectivity index (χ3n) is 4.44. The SMILES string of the molecule is C=CCOc1c(Cl)cc(C=C2C(=O)NC(=S)N(c3cccc(C(=O)O)c3)C2=O)cc1OCC. The highest BCUT2D eigenvalue weighted by Crippen LogP contribution is 2.37. The number of carbonyl (C=O) groups excluding carboxylic acids is 2. The van der Waals surface area contributed by atoms with Crippen LogP contribution in [0.3, 0.4) is 0 Å². The topological polar surface area (TPSA) is 105 Å². The first kappa shape index (κ1) is 24.0. The van der Waals surface area contributed by atoms with Crippen molar-refractivity contribution in [2.24, 2.45) is 0 Å². The van der Waals surface area contributed by atoms with Gasteiger partial charge in [0.1, 0.15) is 12.2 Å².